The van der Waals surface area contributed by atoms with Crippen LogP contribution in [-0.2, 0) is 38.1 Å². The number of esters is 4. The molecule has 0 aliphatic rings. The summed E-state index contributed by atoms with van der Waals surface area (Å²) in [7, 11) is 0. The van der Waals surface area contributed by atoms with E-state index < -0.39 is 54.9 Å². The standard InChI is InChI=1S/C14H22O9/c1-7(20-8(2)16)13(22-10(4)18)14(23-11(5)19)12(6-15)21-9(3)17/h7,12-15H,6H2,1-5H3. The Morgan fingerprint density at radius 3 is 1.48 bits per heavy atom. The number of carbonyl (C=O) groups excluding carboxylic acids is 4. The number of ether oxygens (including phenoxy) is 4. The molecule has 1 N–H and O–H groups in total. The Bertz CT molecular complexity index is 446. The first kappa shape index (κ1) is 20.8. The minimum Gasteiger partial charge on any atom is -0.459 e. The number of rotatable bonds is 8. The van der Waals surface area contributed by atoms with Crippen LogP contribution in [0, 0.1) is 0 Å². The van der Waals surface area contributed by atoms with Crippen molar-refractivity contribution in [2.45, 2.75) is 59.0 Å². The molecule has 0 radical (unpaired) electrons. The molecule has 0 aliphatic heterocycles. The fourth-order valence-corrected chi connectivity index (χ4v) is 1.92. The average molecular weight is 334 g/mol. The summed E-state index contributed by atoms with van der Waals surface area (Å²) in [6.45, 7) is 5.17. The highest BCUT2D eigenvalue weighted by molar-refractivity contribution is 5.69. The largest absolute Gasteiger partial charge is 0.459 e. The van der Waals surface area contributed by atoms with Crippen LogP contribution in [-0.4, -0.2) is 60.0 Å². The highest BCUT2D eigenvalue weighted by Crippen LogP contribution is 2.19. The van der Waals surface area contributed by atoms with E-state index in [1.165, 1.54) is 6.92 Å². The van der Waals surface area contributed by atoms with Gasteiger partial charge in [-0.25, -0.2) is 0 Å². The Kier molecular flexibility index (Phi) is 8.86. The SMILES string of the molecule is CC(=O)OC(C)C(OC(C)=O)C(OC(C)=O)C(CO)OC(C)=O. The topological polar surface area (TPSA) is 125 Å². The Morgan fingerprint density at radius 1 is 0.739 bits per heavy atom. The van der Waals surface area contributed by atoms with Crippen LogP contribution in [0.3, 0.4) is 0 Å². The summed E-state index contributed by atoms with van der Waals surface area (Å²) in [5.74, 6) is -2.87. The lowest BCUT2D eigenvalue weighted by atomic mass is 10.0. The number of hydrogen-bond donors (Lipinski definition) is 1. The Labute approximate surface area is 133 Å². The highest BCUT2D eigenvalue weighted by atomic mass is 16.6. The Balaban J connectivity index is 5.57. The van der Waals surface area contributed by atoms with Gasteiger partial charge in [0.05, 0.1) is 6.61 Å². The zero-order chi connectivity index (χ0) is 18.2. The van der Waals surface area contributed by atoms with Gasteiger partial charge in [-0.1, -0.05) is 0 Å². The molecule has 0 rings (SSSR count). The molecule has 132 valence electrons. The van der Waals surface area contributed by atoms with Crippen molar-refractivity contribution in [3.63, 3.8) is 0 Å². The molecule has 23 heavy (non-hydrogen) atoms. The Morgan fingerprint density at radius 2 is 1.13 bits per heavy atom. The van der Waals surface area contributed by atoms with E-state index in [0.29, 0.717) is 0 Å². The lowest BCUT2D eigenvalue weighted by Crippen LogP contribution is -2.51. The fraction of sp³-hybridized carbons (Fsp3) is 0.714. The van der Waals surface area contributed by atoms with Crippen LogP contribution >= 0.6 is 0 Å². The van der Waals surface area contributed by atoms with Gasteiger partial charge in [0.1, 0.15) is 6.10 Å². The number of hydrogen-bond acceptors (Lipinski definition) is 9. The molecule has 0 saturated carbocycles. The van der Waals surface area contributed by atoms with Gasteiger partial charge in [-0.2, -0.15) is 0 Å². The van der Waals surface area contributed by atoms with E-state index in [-0.39, 0.29) is 0 Å². The van der Waals surface area contributed by atoms with Crippen molar-refractivity contribution >= 4 is 23.9 Å². The normalized spacial score (nSPS) is 15.6. The number of aliphatic hydroxyl groups is 1. The molecular formula is C14H22O9. The number of aliphatic hydroxyl groups excluding tert-OH is 1. The highest BCUT2D eigenvalue weighted by Gasteiger charge is 2.41. The van der Waals surface area contributed by atoms with Crippen LogP contribution in [0.5, 0.6) is 0 Å². The van der Waals surface area contributed by atoms with E-state index in [0.717, 1.165) is 27.7 Å². The molecule has 0 aromatic rings. The molecule has 9 heteroatoms. The molecule has 0 spiro atoms. The molecule has 0 amide bonds. The maximum absolute atomic E-state index is 11.3. The van der Waals surface area contributed by atoms with Crippen molar-refractivity contribution < 1.29 is 43.2 Å². The first-order valence-corrected chi connectivity index (χ1v) is 6.88. The third-order valence-electron chi connectivity index (χ3n) is 2.61. The van der Waals surface area contributed by atoms with Crippen molar-refractivity contribution in [1.82, 2.24) is 0 Å². The van der Waals surface area contributed by atoms with Crippen molar-refractivity contribution in [1.29, 1.82) is 0 Å². The average Bonchev–Trinajstić information content (AvgIpc) is 2.38. The van der Waals surface area contributed by atoms with E-state index in [4.69, 9.17) is 18.9 Å². The van der Waals surface area contributed by atoms with Crippen molar-refractivity contribution in [3.8, 4) is 0 Å². The fourth-order valence-electron chi connectivity index (χ4n) is 1.92. The van der Waals surface area contributed by atoms with Gasteiger partial charge in [0.2, 0.25) is 0 Å². The zero-order valence-corrected chi connectivity index (χ0v) is 13.7. The molecule has 4 unspecified atom stereocenters. The molecule has 0 saturated heterocycles. The van der Waals surface area contributed by atoms with Crippen LogP contribution in [0.1, 0.15) is 34.6 Å². The van der Waals surface area contributed by atoms with Crippen LogP contribution in [0.25, 0.3) is 0 Å². The van der Waals surface area contributed by atoms with Crippen molar-refractivity contribution in [2.75, 3.05) is 6.61 Å². The first-order chi connectivity index (χ1) is 10.6. The maximum atomic E-state index is 11.3. The summed E-state index contributed by atoms with van der Waals surface area (Å²) in [6, 6.07) is 0. The van der Waals surface area contributed by atoms with Gasteiger partial charge in [-0.15, -0.1) is 0 Å². The zero-order valence-electron chi connectivity index (χ0n) is 13.7. The smallest absolute Gasteiger partial charge is 0.303 e. The number of carbonyl (C=O) groups is 4. The molecule has 0 bridgehead atoms. The minimum atomic E-state index is -1.35. The van der Waals surface area contributed by atoms with Crippen LogP contribution in [0.2, 0.25) is 0 Å². The predicted molar refractivity (Wildman–Crippen MR) is 75.0 cm³/mol. The van der Waals surface area contributed by atoms with Gasteiger partial charge < -0.3 is 24.1 Å². The lowest BCUT2D eigenvalue weighted by molar-refractivity contribution is -0.199. The van der Waals surface area contributed by atoms with Gasteiger partial charge in [0.25, 0.3) is 0 Å². The Hall–Kier alpha value is -2.16. The van der Waals surface area contributed by atoms with E-state index >= 15 is 0 Å². The van der Waals surface area contributed by atoms with E-state index in [9.17, 15) is 24.3 Å². The molecule has 0 heterocycles. The van der Waals surface area contributed by atoms with Crippen LogP contribution in [0.15, 0.2) is 0 Å². The summed E-state index contributed by atoms with van der Waals surface area (Å²) in [4.78, 5) is 44.8. The molecule has 0 aromatic carbocycles. The predicted octanol–water partition coefficient (Wildman–Crippen LogP) is -0.275. The second kappa shape index (κ2) is 9.78. The van der Waals surface area contributed by atoms with Crippen LogP contribution < -0.4 is 0 Å². The molecule has 0 aliphatic carbocycles. The molecular weight excluding hydrogens is 312 g/mol. The van der Waals surface area contributed by atoms with Gasteiger partial charge in [-0.05, 0) is 6.92 Å². The van der Waals surface area contributed by atoms with Gasteiger partial charge >= 0.3 is 23.9 Å². The summed E-state index contributed by atoms with van der Waals surface area (Å²) < 4.78 is 19.9. The third-order valence-corrected chi connectivity index (χ3v) is 2.61. The van der Waals surface area contributed by atoms with Crippen molar-refractivity contribution in [3.05, 3.63) is 0 Å². The third kappa shape index (κ3) is 8.15. The summed E-state index contributed by atoms with van der Waals surface area (Å²) in [5.41, 5.74) is 0. The van der Waals surface area contributed by atoms with E-state index in [1.807, 2.05) is 0 Å². The molecule has 4 atom stereocenters. The van der Waals surface area contributed by atoms with Gasteiger partial charge in [0.15, 0.2) is 18.3 Å². The monoisotopic (exact) mass is 334 g/mol. The molecule has 0 fully saturated rings. The quantitative estimate of drug-likeness (QED) is 0.471. The second-order valence-corrected chi connectivity index (χ2v) is 4.79. The van der Waals surface area contributed by atoms with Crippen molar-refractivity contribution in [2.24, 2.45) is 0 Å². The lowest BCUT2D eigenvalue weighted by Gasteiger charge is -2.33. The van der Waals surface area contributed by atoms with Crippen LogP contribution in [0.4, 0.5) is 0 Å². The van der Waals surface area contributed by atoms with E-state index in [2.05, 4.69) is 0 Å². The van der Waals surface area contributed by atoms with Gasteiger partial charge in [-0.3, -0.25) is 19.2 Å². The summed E-state index contributed by atoms with van der Waals surface area (Å²) >= 11 is 0. The van der Waals surface area contributed by atoms with E-state index in [1.54, 1.807) is 0 Å². The maximum Gasteiger partial charge on any atom is 0.303 e. The molecule has 0 aromatic heterocycles. The molecule has 9 nitrogen and oxygen atoms in total. The van der Waals surface area contributed by atoms with Gasteiger partial charge in [0, 0.05) is 27.7 Å². The summed E-state index contributed by atoms with van der Waals surface area (Å²) in [5, 5.41) is 9.39. The second-order valence-electron chi connectivity index (χ2n) is 4.79. The summed E-state index contributed by atoms with van der Waals surface area (Å²) in [6.07, 6.45) is -4.92. The first-order valence-electron chi connectivity index (χ1n) is 6.88. The minimum absolute atomic E-state index is 0.649.